The lowest BCUT2D eigenvalue weighted by atomic mass is 10.2. The standard InChI is InChI=1S/C19H21ClN2O4/c1-12-5-4-6-16(9-12)25-11-18(23)21-22-19(24)14(3)26-17-8-7-15(20)10-13(17)2/h4-10,14H,11H2,1-3H3,(H,21,23)(H,22,24). The summed E-state index contributed by atoms with van der Waals surface area (Å²) in [5.41, 5.74) is 6.44. The summed E-state index contributed by atoms with van der Waals surface area (Å²) < 4.78 is 10.9. The molecule has 0 aliphatic rings. The SMILES string of the molecule is Cc1cccc(OCC(=O)NNC(=O)C(C)Oc2ccc(Cl)cc2C)c1. The van der Waals surface area contributed by atoms with Crippen LogP contribution in [0.25, 0.3) is 0 Å². The number of nitrogens with one attached hydrogen (secondary N) is 2. The van der Waals surface area contributed by atoms with E-state index in [1.807, 2.05) is 32.0 Å². The molecule has 7 heteroatoms. The molecule has 0 aliphatic heterocycles. The topological polar surface area (TPSA) is 76.7 Å². The number of hydrogen-bond acceptors (Lipinski definition) is 4. The van der Waals surface area contributed by atoms with Gasteiger partial charge in [0.05, 0.1) is 0 Å². The van der Waals surface area contributed by atoms with Crippen LogP contribution in [-0.2, 0) is 9.59 Å². The molecular weight excluding hydrogens is 356 g/mol. The summed E-state index contributed by atoms with van der Waals surface area (Å²) in [5, 5.41) is 0.591. The van der Waals surface area contributed by atoms with Crippen LogP contribution in [0.1, 0.15) is 18.1 Å². The Labute approximate surface area is 157 Å². The van der Waals surface area contributed by atoms with Gasteiger partial charge in [-0.1, -0.05) is 23.7 Å². The van der Waals surface area contributed by atoms with Crippen molar-refractivity contribution in [2.24, 2.45) is 0 Å². The van der Waals surface area contributed by atoms with E-state index in [9.17, 15) is 9.59 Å². The maximum absolute atomic E-state index is 12.0. The number of hydrazine groups is 1. The molecule has 2 amide bonds. The Balaban J connectivity index is 1.77. The van der Waals surface area contributed by atoms with Crippen molar-refractivity contribution in [1.29, 1.82) is 0 Å². The fourth-order valence-corrected chi connectivity index (χ4v) is 2.34. The van der Waals surface area contributed by atoms with E-state index in [0.717, 1.165) is 11.1 Å². The summed E-state index contributed by atoms with van der Waals surface area (Å²) in [6.45, 7) is 5.13. The first-order chi connectivity index (χ1) is 12.3. The number of ether oxygens (including phenoxy) is 2. The van der Waals surface area contributed by atoms with Crippen molar-refractivity contribution in [1.82, 2.24) is 10.9 Å². The molecule has 2 rings (SSSR count). The van der Waals surface area contributed by atoms with Gasteiger partial charge in [0.2, 0.25) is 0 Å². The van der Waals surface area contributed by atoms with Crippen LogP contribution < -0.4 is 20.3 Å². The van der Waals surface area contributed by atoms with Crippen LogP contribution in [0.4, 0.5) is 0 Å². The average Bonchev–Trinajstić information content (AvgIpc) is 2.60. The van der Waals surface area contributed by atoms with Gasteiger partial charge in [-0.2, -0.15) is 0 Å². The van der Waals surface area contributed by atoms with Gasteiger partial charge in [0.1, 0.15) is 11.5 Å². The zero-order chi connectivity index (χ0) is 19.1. The molecular formula is C19H21ClN2O4. The number of hydrogen-bond donors (Lipinski definition) is 2. The lowest BCUT2D eigenvalue weighted by molar-refractivity contribution is -0.133. The zero-order valence-corrected chi connectivity index (χ0v) is 15.6. The second-order valence-electron chi connectivity index (χ2n) is 5.81. The number of rotatable bonds is 6. The highest BCUT2D eigenvalue weighted by molar-refractivity contribution is 6.30. The van der Waals surface area contributed by atoms with E-state index in [0.29, 0.717) is 16.5 Å². The molecule has 2 aromatic rings. The molecule has 0 aromatic heterocycles. The van der Waals surface area contributed by atoms with Crippen molar-refractivity contribution in [3.63, 3.8) is 0 Å². The van der Waals surface area contributed by atoms with Gasteiger partial charge in [0, 0.05) is 5.02 Å². The molecule has 1 atom stereocenters. The molecule has 0 bridgehead atoms. The fourth-order valence-electron chi connectivity index (χ4n) is 2.11. The quantitative estimate of drug-likeness (QED) is 0.760. The molecule has 0 radical (unpaired) electrons. The molecule has 0 heterocycles. The first kappa shape index (κ1) is 19.6. The van der Waals surface area contributed by atoms with E-state index >= 15 is 0 Å². The number of benzene rings is 2. The third-order valence-electron chi connectivity index (χ3n) is 3.49. The van der Waals surface area contributed by atoms with Crippen LogP contribution in [-0.4, -0.2) is 24.5 Å². The average molecular weight is 377 g/mol. The normalized spacial score (nSPS) is 11.4. The molecule has 2 aromatic carbocycles. The molecule has 0 saturated heterocycles. The third kappa shape index (κ3) is 5.97. The Hall–Kier alpha value is -2.73. The van der Waals surface area contributed by atoms with Crippen LogP contribution in [0.15, 0.2) is 42.5 Å². The third-order valence-corrected chi connectivity index (χ3v) is 3.73. The van der Waals surface area contributed by atoms with Crippen molar-refractivity contribution in [2.75, 3.05) is 6.61 Å². The Morgan fingerprint density at radius 1 is 1.12 bits per heavy atom. The lowest BCUT2D eigenvalue weighted by Gasteiger charge is -2.16. The van der Waals surface area contributed by atoms with Crippen LogP contribution in [0.2, 0.25) is 5.02 Å². The number of amides is 2. The van der Waals surface area contributed by atoms with E-state index in [2.05, 4.69) is 10.9 Å². The van der Waals surface area contributed by atoms with Crippen LogP contribution in [0.5, 0.6) is 11.5 Å². The number of carbonyl (C=O) groups is 2. The Bertz CT molecular complexity index is 795. The van der Waals surface area contributed by atoms with Gasteiger partial charge in [0.25, 0.3) is 11.8 Å². The van der Waals surface area contributed by atoms with Crippen molar-refractivity contribution >= 4 is 23.4 Å². The highest BCUT2D eigenvalue weighted by Crippen LogP contribution is 2.22. The van der Waals surface area contributed by atoms with Gasteiger partial charge in [0.15, 0.2) is 12.7 Å². The molecule has 0 aliphatic carbocycles. The van der Waals surface area contributed by atoms with E-state index in [4.69, 9.17) is 21.1 Å². The van der Waals surface area contributed by atoms with Gasteiger partial charge in [-0.05, 0) is 62.2 Å². The van der Waals surface area contributed by atoms with E-state index < -0.39 is 17.9 Å². The summed E-state index contributed by atoms with van der Waals surface area (Å²) in [5.74, 6) is 0.172. The second-order valence-corrected chi connectivity index (χ2v) is 6.25. The molecule has 6 nitrogen and oxygen atoms in total. The van der Waals surface area contributed by atoms with Crippen molar-refractivity contribution in [3.8, 4) is 11.5 Å². The van der Waals surface area contributed by atoms with Gasteiger partial charge in [-0.25, -0.2) is 0 Å². The Kier molecular flexibility index (Phi) is 6.86. The second kappa shape index (κ2) is 9.10. The first-order valence-corrected chi connectivity index (χ1v) is 8.44. The molecule has 1 unspecified atom stereocenters. The maximum Gasteiger partial charge on any atom is 0.279 e. The molecule has 0 fully saturated rings. The summed E-state index contributed by atoms with van der Waals surface area (Å²) >= 11 is 5.89. The van der Waals surface area contributed by atoms with Gasteiger partial charge in [-0.3, -0.25) is 20.4 Å². The van der Waals surface area contributed by atoms with Crippen molar-refractivity contribution in [3.05, 3.63) is 58.6 Å². The van der Waals surface area contributed by atoms with E-state index in [-0.39, 0.29) is 6.61 Å². The van der Waals surface area contributed by atoms with Crippen molar-refractivity contribution in [2.45, 2.75) is 26.9 Å². The zero-order valence-electron chi connectivity index (χ0n) is 14.8. The lowest BCUT2D eigenvalue weighted by Crippen LogP contribution is -2.48. The van der Waals surface area contributed by atoms with Crippen molar-refractivity contribution < 1.29 is 19.1 Å². The Morgan fingerprint density at radius 2 is 1.88 bits per heavy atom. The number of carbonyl (C=O) groups excluding carboxylic acids is 2. The summed E-state index contributed by atoms with van der Waals surface area (Å²) in [6.07, 6.45) is -0.798. The minimum atomic E-state index is -0.798. The fraction of sp³-hybridized carbons (Fsp3) is 0.263. The number of halogens is 1. The predicted molar refractivity (Wildman–Crippen MR) is 99.2 cm³/mol. The van der Waals surface area contributed by atoms with Crippen LogP contribution >= 0.6 is 11.6 Å². The highest BCUT2D eigenvalue weighted by Gasteiger charge is 2.16. The summed E-state index contributed by atoms with van der Waals surface area (Å²) in [7, 11) is 0. The van der Waals surface area contributed by atoms with Gasteiger partial charge >= 0.3 is 0 Å². The van der Waals surface area contributed by atoms with E-state index in [1.165, 1.54) is 0 Å². The first-order valence-electron chi connectivity index (χ1n) is 8.06. The minimum absolute atomic E-state index is 0.213. The monoisotopic (exact) mass is 376 g/mol. The van der Waals surface area contributed by atoms with Gasteiger partial charge in [-0.15, -0.1) is 0 Å². The summed E-state index contributed by atoms with van der Waals surface area (Å²) in [6, 6.07) is 12.4. The maximum atomic E-state index is 12.0. The molecule has 0 spiro atoms. The molecule has 0 saturated carbocycles. The largest absolute Gasteiger partial charge is 0.484 e. The minimum Gasteiger partial charge on any atom is -0.484 e. The smallest absolute Gasteiger partial charge is 0.279 e. The molecule has 2 N–H and O–H groups in total. The summed E-state index contributed by atoms with van der Waals surface area (Å²) in [4.78, 5) is 23.8. The predicted octanol–water partition coefficient (Wildman–Crippen LogP) is 2.95. The van der Waals surface area contributed by atoms with Crippen LogP contribution in [0.3, 0.4) is 0 Å². The van der Waals surface area contributed by atoms with Crippen LogP contribution in [0, 0.1) is 13.8 Å². The number of aryl methyl sites for hydroxylation is 2. The highest BCUT2D eigenvalue weighted by atomic mass is 35.5. The Morgan fingerprint density at radius 3 is 2.58 bits per heavy atom. The van der Waals surface area contributed by atoms with E-state index in [1.54, 1.807) is 31.2 Å². The van der Waals surface area contributed by atoms with Gasteiger partial charge < -0.3 is 9.47 Å². The molecule has 138 valence electrons. The molecule has 26 heavy (non-hydrogen) atoms.